The second kappa shape index (κ2) is 4.25. The molecule has 0 aromatic heterocycles. The van der Waals surface area contributed by atoms with E-state index >= 15 is 0 Å². The Morgan fingerprint density at radius 2 is 1.55 bits per heavy atom. The van der Waals surface area contributed by atoms with Gasteiger partial charge in [0.2, 0.25) is 0 Å². The summed E-state index contributed by atoms with van der Waals surface area (Å²) < 4.78 is 12.2. The fourth-order valence-electron chi connectivity index (χ4n) is 2.62. The quantitative estimate of drug-likeness (QED) is 0.774. The lowest BCUT2D eigenvalue weighted by molar-refractivity contribution is 0.00578. The van der Waals surface area contributed by atoms with Crippen molar-refractivity contribution in [3.63, 3.8) is 0 Å². The molecule has 2 fully saturated rings. The molecule has 0 atom stereocenters. The summed E-state index contributed by atoms with van der Waals surface area (Å²) in [6.45, 7) is 10.5. The average Bonchev–Trinajstić information content (AvgIpc) is 3.01. The fourth-order valence-corrected chi connectivity index (χ4v) is 3.07. The Morgan fingerprint density at radius 1 is 1.00 bits per heavy atom. The smallest absolute Gasteiger partial charge is 0.399 e. The molecule has 108 valence electrons. The van der Waals surface area contributed by atoms with Crippen LogP contribution in [0.4, 0.5) is 0 Å². The standard InChI is InChI=1S/C16H22BClO2/c1-14(2)15(3,4)20-17(19-14)12-8-6-7-11(13(12)18)16(5)9-10-16/h6-8H,9-10H2,1-5H3. The molecule has 1 aromatic rings. The van der Waals surface area contributed by atoms with E-state index in [1.807, 2.05) is 6.07 Å². The molecule has 3 rings (SSSR count). The molecule has 0 amide bonds. The van der Waals surface area contributed by atoms with E-state index in [1.165, 1.54) is 18.4 Å². The minimum absolute atomic E-state index is 0.247. The molecule has 0 bridgehead atoms. The Morgan fingerprint density at radius 3 is 2.05 bits per heavy atom. The largest absolute Gasteiger partial charge is 0.496 e. The van der Waals surface area contributed by atoms with Crippen LogP contribution in [0.1, 0.15) is 53.0 Å². The number of halogens is 1. The molecule has 0 unspecified atom stereocenters. The Labute approximate surface area is 126 Å². The van der Waals surface area contributed by atoms with Crippen molar-refractivity contribution in [3.05, 3.63) is 28.8 Å². The molecule has 2 aliphatic rings. The molecule has 1 saturated carbocycles. The minimum Gasteiger partial charge on any atom is -0.399 e. The summed E-state index contributed by atoms with van der Waals surface area (Å²) in [5.74, 6) is 0. The zero-order chi connectivity index (χ0) is 14.8. The van der Waals surface area contributed by atoms with E-state index in [4.69, 9.17) is 20.9 Å². The molecule has 20 heavy (non-hydrogen) atoms. The van der Waals surface area contributed by atoms with Crippen molar-refractivity contribution in [1.29, 1.82) is 0 Å². The first kappa shape index (κ1) is 14.4. The van der Waals surface area contributed by atoms with Gasteiger partial charge in [-0.3, -0.25) is 0 Å². The van der Waals surface area contributed by atoms with Crippen LogP contribution >= 0.6 is 11.6 Å². The van der Waals surface area contributed by atoms with Crippen molar-refractivity contribution in [3.8, 4) is 0 Å². The van der Waals surface area contributed by atoms with Crippen LogP contribution in [0.3, 0.4) is 0 Å². The topological polar surface area (TPSA) is 18.5 Å². The molecule has 1 aromatic carbocycles. The van der Waals surface area contributed by atoms with Crippen LogP contribution in [0.5, 0.6) is 0 Å². The molecular formula is C16H22BClO2. The van der Waals surface area contributed by atoms with Gasteiger partial charge < -0.3 is 9.31 Å². The van der Waals surface area contributed by atoms with Crippen molar-refractivity contribution in [2.75, 3.05) is 0 Å². The normalized spacial score (nSPS) is 25.8. The minimum atomic E-state index is -0.380. The molecule has 0 N–H and O–H groups in total. The van der Waals surface area contributed by atoms with E-state index in [9.17, 15) is 0 Å². The van der Waals surface area contributed by atoms with E-state index in [-0.39, 0.29) is 23.7 Å². The zero-order valence-corrected chi connectivity index (χ0v) is 13.7. The van der Waals surface area contributed by atoms with Crippen molar-refractivity contribution in [2.45, 2.75) is 64.1 Å². The maximum Gasteiger partial charge on any atom is 0.496 e. The van der Waals surface area contributed by atoms with Crippen molar-refractivity contribution in [2.24, 2.45) is 0 Å². The second-order valence-electron chi connectivity index (χ2n) is 7.36. The lowest BCUT2D eigenvalue weighted by Gasteiger charge is -2.32. The van der Waals surface area contributed by atoms with Gasteiger partial charge in [-0.15, -0.1) is 0 Å². The third-order valence-corrected chi connectivity index (χ3v) is 5.61. The maximum absolute atomic E-state index is 6.64. The monoisotopic (exact) mass is 292 g/mol. The molecule has 1 aliphatic carbocycles. The van der Waals surface area contributed by atoms with Crippen molar-refractivity contribution < 1.29 is 9.31 Å². The Hall–Kier alpha value is -0.505. The van der Waals surface area contributed by atoms with Gasteiger partial charge in [-0.1, -0.05) is 36.7 Å². The lowest BCUT2D eigenvalue weighted by Crippen LogP contribution is -2.41. The molecule has 1 aliphatic heterocycles. The van der Waals surface area contributed by atoms with Crippen LogP contribution < -0.4 is 5.46 Å². The molecule has 4 heteroatoms. The summed E-state index contributed by atoms with van der Waals surface area (Å²) in [5.41, 5.74) is 1.76. The van der Waals surface area contributed by atoms with Gasteiger partial charge in [0.15, 0.2) is 0 Å². The van der Waals surface area contributed by atoms with Gasteiger partial charge in [0.25, 0.3) is 0 Å². The van der Waals surface area contributed by atoms with Crippen LogP contribution in [0.2, 0.25) is 5.02 Å². The molecule has 2 nitrogen and oxygen atoms in total. The van der Waals surface area contributed by atoms with Gasteiger partial charge in [0.1, 0.15) is 0 Å². The number of benzene rings is 1. The molecular weight excluding hydrogens is 270 g/mol. The van der Waals surface area contributed by atoms with Gasteiger partial charge in [-0.25, -0.2) is 0 Å². The first-order chi connectivity index (χ1) is 9.16. The van der Waals surface area contributed by atoms with Gasteiger partial charge in [-0.05, 0) is 51.5 Å². The zero-order valence-electron chi connectivity index (χ0n) is 12.9. The fraction of sp³-hybridized carbons (Fsp3) is 0.625. The van der Waals surface area contributed by atoms with Crippen LogP contribution in [-0.2, 0) is 14.7 Å². The predicted octanol–water partition coefficient (Wildman–Crippen LogP) is 3.69. The summed E-state index contributed by atoms with van der Waals surface area (Å²) in [7, 11) is -0.380. The number of rotatable bonds is 2. The van der Waals surface area contributed by atoms with Gasteiger partial charge >= 0.3 is 7.12 Å². The predicted molar refractivity (Wildman–Crippen MR) is 83.8 cm³/mol. The van der Waals surface area contributed by atoms with E-state index in [2.05, 4.69) is 46.8 Å². The third-order valence-electron chi connectivity index (χ3n) is 5.19. The van der Waals surface area contributed by atoms with Crippen molar-refractivity contribution in [1.82, 2.24) is 0 Å². The SMILES string of the molecule is CC1(c2cccc(B3OC(C)(C)C(C)(C)O3)c2Cl)CC1. The van der Waals surface area contributed by atoms with Crippen LogP contribution in [0.25, 0.3) is 0 Å². The van der Waals surface area contributed by atoms with Gasteiger partial charge in [-0.2, -0.15) is 0 Å². The highest BCUT2D eigenvalue weighted by Gasteiger charge is 2.52. The first-order valence-electron chi connectivity index (χ1n) is 7.31. The lowest BCUT2D eigenvalue weighted by atomic mass is 9.77. The number of hydrogen-bond donors (Lipinski definition) is 0. The third kappa shape index (κ3) is 2.11. The van der Waals surface area contributed by atoms with Crippen LogP contribution in [0.15, 0.2) is 18.2 Å². The van der Waals surface area contributed by atoms with Crippen molar-refractivity contribution >= 4 is 24.2 Å². The summed E-state index contributed by atoms with van der Waals surface area (Å²) >= 11 is 6.64. The van der Waals surface area contributed by atoms with Crippen LogP contribution in [0, 0.1) is 0 Å². The van der Waals surface area contributed by atoms with E-state index in [1.54, 1.807) is 0 Å². The Bertz CT molecular complexity index is 533. The first-order valence-corrected chi connectivity index (χ1v) is 7.69. The maximum atomic E-state index is 6.64. The molecule has 1 heterocycles. The number of hydrogen-bond acceptors (Lipinski definition) is 2. The Kier molecular flexibility index (Phi) is 3.07. The van der Waals surface area contributed by atoms with Gasteiger partial charge in [0.05, 0.1) is 11.2 Å². The summed E-state index contributed by atoms with van der Waals surface area (Å²) in [4.78, 5) is 0. The van der Waals surface area contributed by atoms with E-state index < -0.39 is 0 Å². The molecule has 0 spiro atoms. The molecule has 0 radical (unpaired) electrons. The summed E-state index contributed by atoms with van der Waals surface area (Å²) in [6.07, 6.45) is 2.42. The summed E-state index contributed by atoms with van der Waals surface area (Å²) in [5, 5.41) is 0.811. The van der Waals surface area contributed by atoms with Gasteiger partial charge in [0, 0.05) is 10.5 Å². The van der Waals surface area contributed by atoms with Crippen LogP contribution in [-0.4, -0.2) is 18.3 Å². The average molecular weight is 293 g/mol. The Balaban J connectivity index is 1.97. The van der Waals surface area contributed by atoms with E-state index in [0.29, 0.717) is 0 Å². The highest BCUT2D eigenvalue weighted by Crippen LogP contribution is 2.49. The highest BCUT2D eigenvalue weighted by atomic mass is 35.5. The second-order valence-corrected chi connectivity index (χ2v) is 7.74. The molecule has 1 saturated heterocycles. The summed E-state index contributed by atoms with van der Waals surface area (Å²) in [6, 6.07) is 6.20. The van der Waals surface area contributed by atoms with E-state index in [0.717, 1.165) is 10.5 Å². The highest BCUT2D eigenvalue weighted by molar-refractivity contribution is 6.65.